The summed E-state index contributed by atoms with van der Waals surface area (Å²) in [5.74, 6) is -0.760. The minimum absolute atomic E-state index is 0.0730. The molecule has 1 saturated heterocycles. The quantitative estimate of drug-likeness (QED) is 0.616. The van der Waals surface area contributed by atoms with E-state index in [2.05, 4.69) is 10.6 Å². The Morgan fingerprint density at radius 3 is 2.57 bits per heavy atom. The third-order valence-corrected chi connectivity index (χ3v) is 7.84. The first kappa shape index (κ1) is 24.8. The van der Waals surface area contributed by atoms with Gasteiger partial charge in [-0.25, -0.2) is 14.5 Å². The number of nitrogens with zero attached hydrogens (tertiary/aromatic N) is 2. The average Bonchev–Trinajstić information content (AvgIpc) is 3.61. The molecule has 2 aromatic carbocycles. The minimum Gasteiger partial charge on any atom is -0.427 e. The lowest BCUT2D eigenvalue weighted by Gasteiger charge is -2.35. The molecule has 1 heterocycles. The summed E-state index contributed by atoms with van der Waals surface area (Å²) in [6, 6.07) is 14.5. The molecule has 1 spiro atoms. The van der Waals surface area contributed by atoms with Gasteiger partial charge in [-0.15, -0.1) is 0 Å². The molecule has 0 unspecified atom stereocenters. The Hall–Kier alpha value is -3.88. The number of nitrogens with one attached hydrogen (secondary N) is 2. The van der Waals surface area contributed by atoms with Crippen molar-refractivity contribution in [3.63, 3.8) is 0 Å². The van der Waals surface area contributed by atoms with Gasteiger partial charge in [0.1, 0.15) is 6.54 Å². The maximum absolute atomic E-state index is 13.7. The Morgan fingerprint density at radius 2 is 1.86 bits per heavy atom. The average molecular weight is 505 g/mol. The van der Waals surface area contributed by atoms with Crippen molar-refractivity contribution in [2.75, 3.05) is 18.9 Å². The summed E-state index contributed by atoms with van der Waals surface area (Å²) < 4.78 is 5.72. The van der Waals surface area contributed by atoms with Crippen LogP contribution in [0.15, 0.2) is 48.5 Å². The van der Waals surface area contributed by atoms with Crippen LogP contribution in [0, 0.1) is 0 Å². The minimum atomic E-state index is -1.43. The second-order valence-electron chi connectivity index (χ2n) is 9.99. The standard InChI is InChI=1S/C28H32N4O5/c1-18(19-8-4-3-5-9-19)32(22-10-6-7-11-22)24(33)17-31-25(34)28(37-27(31)36)15-14-20-16-21(12-13-23(20)28)30-26(35)29-2/h3-5,8-9,12-13,16,18,22H,6-7,10-11,14-15,17H2,1-2H3,(H2,29,30,35)/t18-,28-/m1/s1. The summed E-state index contributed by atoms with van der Waals surface area (Å²) in [5.41, 5.74) is 1.60. The molecular weight excluding hydrogens is 472 g/mol. The van der Waals surface area contributed by atoms with Gasteiger partial charge in [-0.05, 0) is 49.4 Å². The van der Waals surface area contributed by atoms with Crippen molar-refractivity contribution in [1.29, 1.82) is 0 Å². The fraction of sp³-hybridized carbons (Fsp3) is 0.429. The van der Waals surface area contributed by atoms with Crippen molar-refractivity contribution in [3.8, 4) is 0 Å². The number of carbonyl (C=O) groups is 4. The molecule has 2 aliphatic carbocycles. The van der Waals surface area contributed by atoms with Gasteiger partial charge in [-0.3, -0.25) is 9.59 Å². The molecule has 0 aromatic heterocycles. The summed E-state index contributed by atoms with van der Waals surface area (Å²) in [6.07, 6.45) is 3.94. The number of anilines is 1. The van der Waals surface area contributed by atoms with Crippen LogP contribution in [0.3, 0.4) is 0 Å². The van der Waals surface area contributed by atoms with Gasteiger partial charge in [-0.1, -0.05) is 49.2 Å². The Labute approximate surface area is 216 Å². The monoisotopic (exact) mass is 504 g/mol. The van der Waals surface area contributed by atoms with Crippen LogP contribution in [0.25, 0.3) is 0 Å². The number of aryl methyl sites for hydroxylation is 1. The molecule has 5 rings (SSSR count). The van der Waals surface area contributed by atoms with Gasteiger partial charge >= 0.3 is 12.1 Å². The number of carbonyl (C=O) groups excluding carboxylic acids is 4. The van der Waals surface area contributed by atoms with Crippen LogP contribution in [0.4, 0.5) is 15.3 Å². The predicted molar refractivity (Wildman–Crippen MR) is 137 cm³/mol. The number of fused-ring (bicyclic) bond motifs is 2. The zero-order valence-corrected chi connectivity index (χ0v) is 21.2. The van der Waals surface area contributed by atoms with Gasteiger partial charge in [0.25, 0.3) is 5.91 Å². The fourth-order valence-corrected chi connectivity index (χ4v) is 5.95. The summed E-state index contributed by atoms with van der Waals surface area (Å²) in [4.78, 5) is 54.8. The highest BCUT2D eigenvalue weighted by molar-refractivity contribution is 6.06. The molecule has 3 aliphatic rings. The van der Waals surface area contributed by atoms with Crippen molar-refractivity contribution in [2.24, 2.45) is 0 Å². The van der Waals surface area contributed by atoms with Crippen molar-refractivity contribution < 1.29 is 23.9 Å². The van der Waals surface area contributed by atoms with Crippen LogP contribution in [0.1, 0.15) is 61.8 Å². The SMILES string of the molecule is CNC(=O)Nc1ccc2c(c1)CC[C@@]21OC(=O)N(CC(=O)N(C2CCCC2)[C@H](C)c2ccccc2)C1=O. The fourth-order valence-electron chi connectivity index (χ4n) is 5.95. The lowest BCUT2D eigenvalue weighted by Crippen LogP contribution is -2.48. The second-order valence-corrected chi connectivity index (χ2v) is 9.99. The predicted octanol–water partition coefficient (Wildman–Crippen LogP) is 4.09. The van der Waals surface area contributed by atoms with Crippen molar-refractivity contribution in [3.05, 3.63) is 65.2 Å². The molecule has 0 bridgehead atoms. The van der Waals surface area contributed by atoms with E-state index >= 15 is 0 Å². The topological polar surface area (TPSA) is 108 Å². The second kappa shape index (κ2) is 9.88. The number of hydrogen-bond acceptors (Lipinski definition) is 5. The molecular formula is C28H32N4O5. The van der Waals surface area contributed by atoms with E-state index in [0.29, 0.717) is 24.1 Å². The van der Waals surface area contributed by atoms with Gasteiger partial charge in [0.2, 0.25) is 11.5 Å². The third-order valence-electron chi connectivity index (χ3n) is 7.84. The van der Waals surface area contributed by atoms with E-state index in [0.717, 1.165) is 41.7 Å². The van der Waals surface area contributed by atoms with Crippen LogP contribution >= 0.6 is 0 Å². The van der Waals surface area contributed by atoms with E-state index in [1.54, 1.807) is 18.2 Å². The van der Waals surface area contributed by atoms with Gasteiger partial charge in [0.15, 0.2) is 0 Å². The zero-order chi connectivity index (χ0) is 26.2. The molecule has 2 N–H and O–H groups in total. The van der Waals surface area contributed by atoms with Crippen LogP contribution in [0.2, 0.25) is 0 Å². The van der Waals surface area contributed by atoms with Crippen LogP contribution in [0.5, 0.6) is 0 Å². The van der Waals surface area contributed by atoms with Crippen molar-refractivity contribution in [1.82, 2.24) is 15.1 Å². The number of ether oxygens (including phenoxy) is 1. The summed E-state index contributed by atoms with van der Waals surface area (Å²) in [5, 5.41) is 5.21. The largest absolute Gasteiger partial charge is 0.427 e. The first-order valence-electron chi connectivity index (χ1n) is 12.9. The number of rotatable bonds is 6. The number of hydrogen-bond donors (Lipinski definition) is 2. The summed E-state index contributed by atoms with van der Waals surface area (Å²) in [7, 11) is 1.53. The molecule has 2 atom stereocenters. The Kier molecular flexibility index (Phi) is 6.62. The van der Waals surface area contributed by atoms with E-state index < -0.39 is 17.6 Å². The highest BCUT2D eigenvalue weighted by Crippen LogP contribution is 2.46. The van der Waals surface area contributed by atoms with E-state index in [1.807, 2.05) is 42.2 Å². The van der Waals surface area contributed by atoms with Crippen LogP contribution in [-0.2, 0) is 26.3 Å². The molecule has 2 aromatic rings. The maximum Gasteiger partial charge on any atom is 0.418 e. The number of imide groups is 1. The lowest BCUT2D eigenvalue weighted by molar-refractivity contribution is -0.144. The first-order chi connectivity index (χ1) is 17.8. The van der Waals surface area contributed by atoms with Gasteiger partial charge in [0.05, 0.1) is 6.04 Å². The highest BCUT2D eigenvalue weighted by atomic mass is 16.6. The first-order valence-corrected chi connectivity index (χ1v) is 12.9. The highest BCUT2D eigenvalue weighted by Gasteiger charge is 2.58. The van der Waals surface area contributed by atoms with Crippen LogP contribution < -0.4 is 10.6 Å². The van der Waals surface area contributed by atoms with E-state index in [-0.39, 0.29) is 30.6 Å². The Balaban J connectivity index is 1.37. The van der Waals surface area contributed by atoms with Crippen molar-refractivity contribution >= 4 is 29.6 Å². The molecule has 0 radical (unpaired) electrons. The zero-order valence-electron chi connectivity index (χ0n) is 21.2. The van der Waals surface area contributed by atoms with E-state index in [9.17, 15) is 19.2 Å². The maximum atomic E-state index is 13.7. The van der Waals surface area contributed by atoms with Crippen LogP contribution in [-0.4, -0.2) is 53.4 Å². The van der Waals surface area contributed by atoms with Gasteiger partial charge in [-0.2, -0.15) is 0 Å². The van der Waals surface area contributed by atoms with E-state index in [4.69, 9.17) is 4.74 Å². The normalized spacial score (nSPS) is 21.6. The summed E-state index contributed by atoms with van der Waals surface area (Å²) >= 11 is 0. The molecule has 37 heavy (non-hydrogen) atoms. The molecule has 1 aliphatic heterocycles. The molecule has 194 valence electrons. The number of amides is 5. The lowest BCUT2D eigenvalue weighted by atomic mass is 9.94. The number of benzene rings is 2. The van der Waals surface area contributed by atoms with Crippen molar-refractivity contribution in [2.45, 2.75) is 63.1 Å². The Morgan fingerprint density at radius 1 is 1.14 bits per heavy atom. The molecule has 9 heteroatoms. The Bertz CT molecular complexity index is 1230. The number of urea groups is 1. The molecule has 5 amide bonds. The smallest absolute Gasteiger partial charge is 0.418 e. The molecule has 2 fully saturated rings. The summed E-state index contributed by atoms with van der Waals surface area (Å²) in [6.45, 7) is 1.65. The van der Waals surface area contributed by atoms with E-state index in [1.165, 1.54) is 7.05 Å². The third kappa shape index (κ3) is 4.43. The van der Waals surface area contributed by atoms with Gasteiger partial charge < -0.3 is 20.3 Å². The molecule has 9 nitrogen and oxygen atoms in total. The van der Waals surface area contributed by atoms with Gasteiger partial charge in [0, 0.05) is 30.8 Å². The molecule has 1 saturated carbocycles.